The van der Waals surface area contributed by atoms with Crippen molar-refractivity contribution in [1.82, 2.24) is 4.90 Å². The summed E-state index contributed by atoms with van der Waals surface area (Å²) in [5, 5.41) is 0.0404. The number of benzene rings is 2. The number of nitrogens with zero attached hydrogens (tertiary/aromatic N) is 1. The van der Waals surface area contributed by atoms with E-state index in [0.717, 1.165) is 28.9 Å². The molecular formula is C20H20ClIN2O5S. The number of esters is 1. The lowest BCUT2D eigenvalue weighted by Gasteiger charge is -2.26. The number of halogens is 2. The molecule has 30 heavy (non-hydrogen) atoms. The number of carbonyl (C=O) groups is 2. The summed E-state index contributed by atoms with van der Waals surface area (Å²) in [6.45, 7) is 0.886. The average molecular weight is 563 g/mol. The Labute approximate surface area is 193 Å². The van der Waals surface area contributed by atoms with Crippen LogP contribution < -0.4 is 4.72 Å². The lowest BCUT2D eigenvalue weighted by molar-refractivity contribution is -0.135. The Kier molecular flexibility index (Phi) is 7.59. The second-order valence-corrected chi connectivity index (χ2v) is 10.1. The molecule has 0 unspecified atom stereocenters. The van der Waals surface area contributed by atoms with E-state index in [-0.39, 0.29) is 21.4 Å². The average Bonchev–Trinajstić information content (AvgIpc) is 2.74. The van der Waals surface area contributed by atoms with E-state index < -0.39 is 22.6 Å². The maximum absolute atomic E-state index is 12.7. The molecule has 1 saturated heterocycles. The summed E-state index contributed by atoms with van der Waals surface area (Å²) in [7, 11) is -3.94. The van der Waals surface area contributed by atoms with Gasteiger partial charge >= 0.3 is 5.97 Å². The minimum absolute atomic E-state index is 0.0404. The van der Waals surface area contributed by atoms with Gasteiger partial charge in [-0.3, -0.25) is 9.52 Å². The molecule has 2 aromatic rings. The molecule has 3 rings (SSSR count). The molecule has 0 aromatic heterocycles. The number of likely N-dealkylation sites (tertiary alicyclic amines) is 1. The van der Waals surface area contributed by atoms with Crippen LogP contribution >= 0.6 is 34.2 Å². The number of anilines is 1. The first-order valence-corrected chi connectivity index (χ1v) is 12.2. The molecule has 1 heterocycles. The zero-order chi connectivity index (χ0) is 21.7. The number of rotatable bonds is 6. The molecule has 7 nitrogen and oxygen atoms in total. The predicted octanol–water partition coefficient (Wildman–Crippen LogP) is 3.91. The van der Waals surface area contributed by atoms with Crippen molar-refractivity contribution in [3.05, 3.63) is 56.6 Å². The molecule has 0 radical (unpaired) electrons. The lowest BCUT2D eigenvalue weighted by Crippen LogP contribution is -2.38. The third kappa shape index (κ3) is 5.86. The van der Waals surface area contributed by atoms with Crippen molar-refractivity contribution < 1.29 is 22.7 Å². The Morgan fingerprint density at radius 2 is 1.73 bits per heavy atom. The number of amides is 1. The molecule has 1 fully saturated rings. The minimum atomic E-state index is -3.94. The maximum Gasteiger partial charge on any atom is 0.340 e. The van der Waals surface area contributed by atoms with Gasteiger partial charge in [0.15, 0.2) is 6.61 Å². The third-order valence-corrected chi connectivity index (χ3v) is 7.03. The van der Waals surface area contributed by atoms with Gasteiger partial charge in [-0.25, -0.2) is 13.2 Å². The molecule has 10 heteroatoms. The first kappa shape index (κ1) is 22.8. The van der Waals surface area contributed by atoms with Gasteiger partial charge in [0, 0.05) is 22.3 Å². The zero-order valence-corrected chi connectivity index (χ0v) is 19.7. The highest BCUT2D eigenvalue weighted by molar-refractivity contribution is 14.1. The van der Waals surface area contributed by atoms with Crippen molar-refractivity contribution >= 4 is 61.8 Å². The molecular weight excluding hydrogens is 543 g/mol. The van der Waals surface area contributed by atoms with Crippen LogP contribution in [0, 0.1) is 3.57 Å². The first-order valence-electron chi connectivity index (χ1n) is 9.29. The summed E-state index contributed by atoms with van der Waals surface area (Å²) in [5.41, 5.74) is 0.273. The molecule has 1 amide bonds. The smallest absolute Gasteiger partial charge is 0.340 e. The Morgan fingerprint density at radius 3 is 2.40 bits per heavy atom. The number of ether oxygens (including phenoxy) is 1. The van der Waals surface area contributed by atoms with Gasteiger partial charge in [0.2, 0.25) is 0 Å². The van der Waals surface area contributed by atoms with Crippen LogP contribution in [0.2, 0.25) is 5.02 Å². The van der Waals surface area contributed by atoms with Crippen molar-refractivity contribution in [2.75, 3.05) is 24.4 Å². The Balaban J connectivity index is 1.71. The summed E-state index contributed by atoms with van der Waals surface area (Å²) in [4.78, 5) is 26.1. The number of piperidine rings is 1. The molecule has 0 aliphatic carbocycles. The normalized spacial score (nSPS) is 14.3. The monoisotopic (exact) mass is 562 g/mol. The van der Waals surface area contributed by atoms with E-state index in [4.69, 9.17) is 16.3 Å². The van der Waals surface area contributed by atoms with Crippen LogP contribution in [0.3, 0.4) is 0 Å². The van der Waals surface area contributed by atoms with E-state index in [1.165, 1.54) is 12.1 Å². The molecule has 0 atom stereocenters. The quantitative estimate of drug-likeness (QED) is 0.426. The van der Waals surface area contributed by atoms with Gasteiger partial charge in [-0.15, -0.1) is 0 Å². The van der Waals surface area contributed by atoms with Crippen LogP contribution in [0.1, 0.15) is 29.6 Å². The van der Waals surface area contributed by atoms with Gasteiger partial charge in [-0.05, 0) is 84.3 Å². The van der Waals surface area contributed by atoms with E-state index in [1.54, 1.807) is 29.2 Å². The Bertz CT molecular complexity index is 1040. The second-order valence-electron chi connectivity index (χ2n) is 6.77. The molecule has 1 aliphatic rings. The van der Waals surface area contributed by atoms with Gasteiger partial charge in [0.25, 0.3) is 15.9 Å². The largest absolute Gasteiger partial charge is 0.452 e. The number of nitrogens with one attached hydrogen (secondary N) is 1. The second kappa shape index (κ2) is 9.97. The standard InChI is InChI=1S/C20H20ClIN2O5S/c21-18-9-8-16(30(27,28)23-15-6-4-14(22)5-7-15)12-17(18)20(26)29-13-19(25)24-10-2-1-3-11-24/h4-9,12,23H,1-3,10-11,13H2. The van der Waals surface area contributed by atoms with E-state index in [2.05, 4.69) is 27.3 Å². The fraction of sp³-hybridized carbons (Fsp3) is 0.300. The van der Waals surface area contributed by atoms with Crippen LogP contribution in [0.4, 0.5) is 5.69 Å². The molecule has 2 aromatic carbocycles. The highest BCUT2D eigenvalue weighted by atomic mass is 127. The minimum Gasteiger partial charge on any atom is -0.452 e. The summed E-state index contributed by atoms with van der Waals surface area (Å²) < 4.78 is 33.9. The van der Waals surface area contributed by atoms with Crippen LogP contribution in [-0.4, -0.2) is 44.9 Å². The number of hydrogen-bond acceptors (Lipinski definition) is 5. The van der Waals surface area contributed by atoms with Crippen LogP contribution in [-0.2, 0) is 19.6 Å². The van der Waals surface area contributed by atoms with Gasteiger partial charge in [-0.2, -0.15) is 0 Å². The maximum atomic E-state index is 12.7. The Morgan fingerprint density at radius 1 is 1.07 bits per heavy atom. The SMILES string of the molecule is O=C(OCC(=O)N1CCCCC1)c1cc(S(=O)(=O)Nc2ccc(I)cc2)ccc1Cl. The number of sulfonamides is 1. The molecule has 160 valence electrons. The van der Waals surface area contributed by atoms with Gasteiger partial charge < -0.3 is 9.64 Å². The fourth-order valence-electron chi connectivity index (χ4n) is 3.00. The molecule has 0 spiro atoms. The fourth-order valence-corrected chi connectivity index (χ4v) is 4.64. The first-order chi connectivity index (χ1) is 14.3. The van der Waals surface area contributed by atoms with E-state index in [0.29, 0.717) is 18.8 Å². The van der Waals surface area contributed by atoms with Crippen molar-refractivity contribution in [2.45, 2.75) is 24.2 Å². The molecule has 1 N–H and O–H groups in total. The summed E-state index contributed by atoms with van der Waals surface area (Å²) >= 11 is 8.19. The van der Waals surface area contributed by atoms with Crippen LogP contribution in [0.15, 0.2) is 47.4 Å². The Hall–Kier alpha value is -1.85. The summed E-state index contributed by atoms with van der Waals surface area (Å²) in [6, 6.07) is 10.6. The highest BCUT2D eigenvalue weighted by Crippen LogP contribution is 2.24. The molecule has 1 aliphatic heterocycles. The molecule has 0 saturated carbocycles. The van der Waals surface area contributed by atoms with E-state index >= 15 is 0 Å². The highest BCUT2D eigenvalue weighted by Gasteiger charge is 2.22. The number of hydrogen-bond donors (Lipinski definition) is 1. The van der Waals surface area contributed by atoms with Gasteiger partial charge in [0.1, 0.15) is 0 Å². The van der Waals surface area contributed by atoms with Gasteiger partial charge in [0.05, 0.1) is 15.5 Å². The van der Waals surface area contributed by atoms with Crippen molar-refractivity contribution in [3.63, 3.8) is 0 Å². The van der Waals surface area contributed by atoms with E-state index in [9.17, 15) is 18.0 Å². The van der Waals surface area contributed by atoms with Crippen molar-refractivity contribution in [3.8, 4) is 0 Å². The lowest BCUT2D eigenvalue weighted by atomic mass is 10.1. The van der Waals surface area contributed by atoms with Crippen LogP contribution in [0.25, 0.3) is 0 Å². The summed E-state index contributed by atoms with van der Waals surface area (Å²) in [5.74, 6) is -1.13. The number of carbonyl (C=O) groups excluding carboxylic acids is 2. The zero-order valence-electron chi connectivity index (χ0n) is 15.9. The van der Waals surface area contributed by atoms with Crippen molar-refractivity contribution in [2.24, 2.45) is 0 Å². The van der Waals surface area contributed by atoms with Gasteiger partial charge in [-0.1, -0.05) is 11.6 Å². The topological polar surface area (TPSA) is 92.8 Å². The summed E-state index contributed by atoms with van der Waals surface area (Å²) in [6.07, 6.45) is 2.94. The predicted molar refractivity (Wildman–Crippen MR) is 122 cm³/mol. The molecule has 0 bridgehead atoms. The van der Waals surface area contributed by atoms with E-state index in [1.807, 2.05) is 0 Å². The van der Waals surface area contributed by atoms with Crippen molar-refractivity contribution in [1.29, 1.82) is 0 Å². The van der Waals surface area contributed by atoms with Crippen LogP contribution in [0.5, 0.6) is 0 Å². The third-order valence-electron chi connectivity index (χ3n) is 4.60.